The zero-order valence-corrected chi connectivity index (χ0v) is 19.8. The van der Waals surface area contributed by atoms with Gasteiger partial charge in [0.25, 0.3) is 0 Å². The minimum absolute atomic E-state index is 0.0569. The molecule has 4 unspecified atom stereocenters. The highest BCUT2D eigenvalue weighted by molar-refractivity contribution is 5.94. The number of rotatable bonds is 13. The van der Waals surface area contributed by atoms with E-state index in [-0.39, 0.29) is 24.2 Å². The topological polar surface area (TPSA) is 168 Å². The summed E-state index contributed by atoms with van der Waals surface area (Å²) in [5.74, 6) is -2.32. The number of likely N-dealkylation sites (tertiary alicyclic amines) is 1. The summed E-state index contributed by atoms with van der Waals surface area (Å²) in [6, 6.07) is -3.32. The lowest BCUT2D eigenvalue weighted by molar-refractivity contribution is -0.143. The lowest BCUT2D eigenvalue weighted by Crippen LogP contribution is -2.57. The minimum Gasteiger partial charge on any atom is -0.480 e. The Bertz CT molecular complexity index is 655. The summed E-state index contributed by atoms with van der Waals surface area (Å²) in [5, 5.41) is 14.7. The number of carbonyl (C=O) groups excluding carboxylic acids is 3. The van der Waals surface area contributed by atoms with Crippen LogP contribution in [0.4, 0.5) is 0 Å². The van der Waals surface area contributed by atoms with Crippen LogP contribution in [0, 0.1) is 11.8 Å². The first kappa shape index (κ1) is 27.8. The first-order chi connectivity index (χ1) is 15.0. The Morgan fingerprint density at radius 2 is 1.72 bits per heavy atom. The van der Waals surface area contributed by atoms with Crippen LogP contribution < -0.4 is 22.1 Å². The van der Waals surface area contributed by atoms with Gasteiger partial charge in [-0.15, -0.1) is 0 Å². The molecule has 0 spiro atoms. The van der Waals surface area contributed by atoms with E-state index in [9.17, 15) is 24.3 Å². The van der Waals surface area contributed by atoms with Crippen LogP contribution in [0.3, 0.4) is 0 Å². The van der Waals surface area contributed by atoms with E-state index in [0.717, 1.165) is 0 Å². The van der Waals surface area contributed by atoms with Crippen molar-refractivity contribution in [3.05, 3.63) is 0 Å². The zero-order chi connectivity index (χ0) is 24.4. The van der Waals surface area contributed by atoms with Crippen LogP contribution in [-0.2, 0) is 19.2 Å². The van der Waals surface area contributed by atoms with Gasteiger partial charge in [0, 0.05) is 6.54 Å². The number of nitrogens with one attached hydrogen (secondary N) is 2. The third-order valence-electron chi connectivity index (χ3n) is 5.74. The number of hydrogen-bond acceptors (Lipinski definition) is 6. The SMILES string of the molecule is CC(C)CC(NC(=O)C1CCCN1C(=O)C(N)C(C)C)C(=O)NC(CCCCN)C(=O)O. The molecule has 7 N–H and O–H groups in total. The Balaban J connectivity index is 2.88. The second-order valence-corrected chi connectivity index (χ2v) is 9.33. The van der Waals surface area contributed by atoms with Crippen molar-refractivity contribution in [2.24, 2.45) is 23.3 Å². The van der Waals surface area contributed by atoms with Gasteiger partial charge in [0.15, 0.2) is 0 Å². The number of hydrogen-bond donors (Lipinski definition) is 5. The monoisotopic (exact) mass is 455 g/mol. The van der Waals surface area contributed by atoms with Gasteiger partial charge in [0.2, 0.25) is 17.7 Å². The Morgan fingerprint density at radius 1 is 1.06 bits per heavy atom. The van der Waals surface area contributed by atoms with Crippen LogP contribution in [0.5, 0.6) is 0 Å². The quantitative estimate of drug-likeness (QED) is 0.247. The van der Waals surface area contributed by atoms with E-state index < -0.39 is 42.0 Å². The number of nitrogens with zero attached hydrogens (tertiary/aromatic N) is 1. The number of carboxylic acids is 1. The van der Waals surface area contributed by atoms with Crippen molar-refractivity contribution in [3.8, 4) is 0 Å². The van der Waals surface area contributed by atoms with Crippen molar-refractivity contribution in [3.63, 3.8) is 0 Å². The van der Waals surface area contributed by atoms with Crippen molar-refractivity contribution in [2.75, 3.05) is 13.1 Å². The molecule has 10 nitrogen and oxygen atoms in total. The van der Waals surface area contributed by atoms with E-state index in [2.05, 4.69) is 10.6 Å². The van der Waals surface area contributed by atoms with Gasteiger partial charge in [-0.25, -0.2) is 4.79 Å². The highest BCUT2D eigenvalue weighted by Gasteiger charge is 2.38. The van der Waals surface area contributed by atoms with Crippen LogP contribution in [0.1, 0.15) is 66.2 Å². The minimum atomic E-state index is -1.12. The van der Waals surface area contributed by atoms with E-state index in [1.54, 1.807) is 0 Å². The van der Waals surface area contributed by atoms with Crippen LogP contribution in [0.25, 0.3) is 0 Å². The average molecular weight is 456 g/mol. The highest BCUT2D eigenvalue weighted by atomic mass is 16.4. The summed E-state index contributed by atoms with van der Waals surface area (Å²) < 4.78 is 0. The molecule has 10 heteroatoms. The Kier molecular flexibility index (Phi) is 11.6. The number of nitrogens with two attached hydrogens (primary N) is 2. The first-order valence-electron chi connectivity index (χ1n) is 11.6. The van der Waals surface area contributed by atoms with E-state index in [1.165, 1.54) is 4.90 Å². The maximum absolute atomic E-state index is 13.0. The fraction of sp³-hybridized carbons (Fsp3) is 0.818. The molecule has 0 radical (unpaired) electrons. The average Bonchev–Trinajstić information content (AvgIpc) is 3.20. The Labute approximate surface area is 190 Å². The Hall–Kier alpha value is -2.20. The molecule has 0 bridgehead atoms. The molecular weight excluding hydrogens is 414 g/mol. The third kappa shape index (κ3) is 8.38. The summed E-state index contributed by atoms with van der Waals surface area (Å²) in [6.07, 6.45) is 3.02. The van der Waals surface area contributed by atoms with Gasteiger partial charge in [-0.3, -0.25) is 14.4 Å². The maximum atomic E-state index is 13.0. The third-order valence-corrected chi connectivity index (χ3v) is 5.74. The zero-order valence-electron chi connectivity index (χ0n) is 19.8. The Morgan fingerprint density at radius 3 is 2.25 bits per heavy atom. The summed E-state index contributed by atoms with van der Waals surface area (Å²) >= 11 is 0. The molecule has 0 saturated carbocycles. The largest absolute Gasteiger partial charge is 0.480 e. The van der Waals surface area contributed by atoms with Gasteiger partial charge < -0.3 is 32.1 Å². The molecule has 0 aromatic rings. The smallest absolute Gasteiger partial charge is 0.326 e. The van der Waals surface area contributed by atoms with Gasteiger partial charge in [-0.1, -0.05) is 27.7 Å². The normalized spacial score (nSPS) is 19.0. The molecule has 4 atom stereocenters. The van der Waals surface area contributed by atoms with E-state index >= 15 is 0 Å². The van der Waals surface area contributed by atoms with Crippen LogP contribution in [-0.4, -0.2) is 71.0 Å². The summed E-state index contributed by atoms with van der Waals surface area (Å²) in [7, 11) is 0. The van der Waals surface area contributed by atoms with Crippen LogP contribution in [0.15, 0.2) is 0 Å². The predicted octanol–water partition coefficient (Wildman–Crippen LogP) is 0.190. The molecule has 1 aliphatic heterocycles. The fourth-order valence-corrected chi connectivity index (χ4v) is 3.77. The molecule has 1 heterocycles. The lowest BCUT2D eigenvalue weighted by atomic mass is 10.0. The fourth-order valence-electron chi connectivity index (χ4n) is 3.77. The second-order valence-electron chi connectivity index (χ2n) is 9.33. The summed E-state index contributed by atoms with van der Waals surface area (Å²) in [5.41, 5.74) is 11.5. The molecule has 0 aromatic carbocycles. The maximum Gasteiger partial charge on any atom is 0.326 e. The molecule has 32 heavy (non-hydrogen) atoms. The van der Waals surface area contributed by atoms with Gasteiger partial charge in [-0.05, 0) is 56.9 Å². The highest BCUT2D eigenvalue weighted by Crippen LogP contribution is 2.20. The standard InChI is InChI=1S/C22H41N5O5/c1-13(2)12-16(19(28)25-15(22(31)32)8-5-6-10-23)26-20(29)17-9-7-11-27(17)21(30)18(24)14(3)4/h13-18H,5-12,23-24H2,1-4H3,(H,25,28)(H,26,29)(H,31,32). The van der Waals surface area contributed by atoms with Crippen molar-refractivity contribution >= 4 is 23.7 Å². The predicted molar refractivity (Wildman–Crippen MR) is 121 cm³/mol. The summed E-state index contributed by atoms with van der Waals surface area (Å²) in [6.45, 7) is 8.42. The van der Waals surface area contributed by atoms with Crippen molar-refractivity contribution < 1.29 is 24.3 Å². The molecule has 1 fully saturated rings. The second kappa shape index (κ2) is 13.4. The molecular formula is C22H41N5O5. The van der Waals surface area contributed by atoms with Gasteiger partial charge in [0.1, 0.15) is 18.1 Å². The van der Waals surface area contributed by atoms with E-state index in [0.29, 0.717) is 45.2 Å². The number of carboxylic acid groups (broad SMARTS) is 1. The van der Waals surface area contributed by atoms with Crippen molar-refractivity contribution in [2.45, 2.75) is 90.4 Å². The molecule has 184 valence electrons. The van der Waals surface area contributed by atoms with Crippen molar-refractivity contribution in [1.29, 1.82) is 0 Å². The molecule has 1 rings (SSSR count). The van der Waals surface area contributed by atoms with E-state index in [1.807, 2.05) is 27.7 Å². The molecule has 1 saturated heterocycles. The van der Waals surface area contributed by atoms with Gasteiger partial charge in [0.05, 0.1) is 6.04 Å². The van der Waals surface area contributed by atoms with Crippen molar-refractivity contribution in [1.82, 2.24) is 15.5 Å². The number of amides is 3. The molecule has 0 aliphatic carbocycles. The van der Waals surface area contributed by atoms with E-state index in [4.69, 9.17) is 11.5 Å². The lowest BCUT2D eigenvalue weighted by Gasteiger charge is -2.30. The molecule has 1 aliphatic rings. The summed E-state index contributed by atoms with van der Waals surface area (Å²) in [4.78, 5) is 51.7. The van der Waals surface area contributed by atoms with Gasteiger partial charge in [-0.2, -0.15) is 0 Å². The van der Waals surface area contributed by atoms with Gasteiger partial charge >= 0.3 is 5.97 Å². The van der Waals surface area contributed by atoms with Crippen LogP contribution in [0.2, 0.25) is 0 Å². The van der Waals surface area contributed by atoms with Crippen LogP contribution >= 0.6 is 0 Å². The number of aliphatic carboxylic acids is 1. The number of unbranched alkanes of at least 4 members (excludes halogenated alkanes) is 1. The molecule has 0 aromatic heterocycles. The first-order valence-corrected chi connectivity index (χ1v) is 11.6. The molecule has 3 amide bonds. The number of carbonyl (C=O) groups is 4.